The molecule has 1 atom stereocenters. The fraction of sp³-hybridized carbons (Fsp3) is 0.600. The maximum Gasteiger partial charge on any atom is 0.323 e. The Morgan fingerprint density at radius 3 is 2.91 bits per heavy atom. The summed E-state index contributed by atoms with van der Waals surface area (Å²) in [6, 6.07) is 2.59. The van der Waals surface area contributed by atoms with Crippen LogP contribution in [0.15, 0.2) is 18.3 Å². The molecule has 7 heteroatoms. The lowest BCUT2D eigenvalue weighted by atomic mass is 10.1. The van der Waals surface area contributed by atoms with Crippen LogP contribution in [0.3, 0.4) is 0 Å². The molecule has 1 aromatic rings. The minimum Gasteiger partial charge on any atom is -0.379 e. The van der Waals surface area contributed by atoms with Gasteiger partial charge in [0.05, 0.1) is 19.4 Å². The third-order valence-corrected chi connectivity index (χ3v) is 4.16. The Hall–Kier alpha value is -1.73. The molecule has 2 aliphatic heterocycles. The highest BCUT2D eigenvalue weighted by Crippen LogP contribution is 2.19. The van der Waals surface area contributed by atoms with Gasteiger partial charge in [0.15, 0.2) is 0 Å². The molecule has 2 saturated heterocycles. The summed E-state index contributed by atoms with van der Waals surface area (Å²) in [5.41, 5.74) is 0. The van der Waals surface area contributed by atoms with E-state index in [4.69, 9.17) is 4.74 Å². The summed E-state index contributed by atoms with van der Waals surface area (Å²) in [7, 11) is 0. The van der Waals surface area contributed by atoms with Crippen molar-refractivity contribution in [2.45, 2.75) is 6.42 Å². The summed E-state index contributed by atoms with van der Waals surface area (Å²) in [4.78, 5) is 20.2. The Balaban J connectivity index is 1.47. The average Bonchev–Trinajstić information content (AvgIpc) is 2.99. The second-order valence-electron chi connectivity index (χ2n) is 5.81. The fourth-order valence-corrected chi connectivity index (χ4v) is 2.95. The third kappa shape index (κ3) is 3.92. The van der Waals surface area contributed by atoms with Crippen LogP contribution in [0.4, 0.5) is 15.0 Å². The zero-order valence-corrected chi connectivity index (χ0v) is 12.5. The van der Waals surface area contributed by atoms with Gasteiger partial charge >= 0.3 is 6.03 Å². The molecular weight excluding hydrogens is 287 g/mol. The molecule has 2 amide bonds. The van der Waals surface area contributed by atoms with Crippen LogP contribution in [-0.2, 0) is 4.74 Å². The summed E-state index contributed by atoms with van der Waals surface area (Å²) in [5, 5.41) is 2.71. The minimum absolute atomic E-state index is 0.163. The van der Waals surface area contributed by atoms with Crippen molar-refractivity contribution in [1.82, 2.24) is 14.8 Å². The Labute approximate surface area is 129 Å². The van der Waals surface area contributed by atoms with Crippen LogP contribution >= 0.6 is 0 Å². The summed E-state index contributed by atoms with van der Waals surface area (Å²) in [5.74, 6) is 0.470. The SMILES string of the molecule is O=C(Nc1ccc(F)cn1)N1CC[C@H](CN2CCOCC2)C1. The molecule has 0 aliphatic carbocycles. The number of aromatic nitrogens is 1. The van der Waals surface area contributed by atoms with E-state index in [0.717, 1.165) is 58.6 Å². The van der Waals surface area contributed by atoms with Crippen molar-refractivity contribution >= 4 is 11.8 Å². The van der Waals surface area contributed by atoms with Gasteiger partial charge in [-0.05, 0) is 24.5 Å². The smallest absolute Gasteiger partial charge is 0.323 e. The van der Waals surface area contributed by atoms with E-state index < -0.39 is 5.82 Å². The number of carbonyl (C=O) groups is 1. The normalized spacial score (nSPS) is 22.8. The molecule has 0 saturated carbocycles. The van der Waals surface area contributed by atoms with E-state index in [1.807, 2.05) is 0 Å². The molecule has 1 N–H and O–H groups in total. The molecule has 2 fully saturated rings. The molecule has 0 spiro atoms. The first-order valence-corrected chi connectivity index (χ1v) is 7.68. The number of amides is 2. The number of hydrogen-bond acceptors (Lipinski definition) is 4. The average molecular weight is 308 g/mol. The van der Waals surface area contributed by atoms with Crippen molar-refractivity contribution < 1.29 is 13.9 Å². The molecule has 6 nitrogen and oxygen atoms in total. The predicted molar refractivity (Wildman–Crippen MR) is 80.2 cm³/mol. The predicted octanol–water partition coefficient (Wildman–Crippen LogP) is 1.41. The molecule has 120 valence electrons. The molecular formula is C15H21FN4O2. The van der Waals surface area contributed by atoms with Gasteiger partial charge in [-0.2, -0.15) is 0 Å². The standard InChI is InChI=1S/C15H21FN4O2/c16-13-1-2-14(17-9-13)18-15(21)20-4-3-12(11-20)10-19-5-7-22-8-6-19/h1-2,9,12H,3-8,10-11H2,(H,17,18,21)/t12-/m1/s1. The fourth-order valence-electron chi connectivity index (χ4n) is 2.95. The van der Waals surface area contributed by atoms with Gasteiger partial charge in [-0.1, -0.05) is 0 Å². The number of ether oxygens (including phenoxy) is 1. The van der Waals surface area contributed by atoms with Crippen LogP contribution in [-0.4, -0.2) is 66.8 Å². The molecule has 0 aromatic carbocycles. The van der Waals surface area contributed by atoms with Gasteiger partial charge < -0.3 is 9.64 Å². The number of carbonyl (C=O) groups excluding carboxylic acids is 1. The maximum atomic E-state index is 12.8. The number of halogens is 1. The van der Waals surface area contributed by atoms with E-state index >= 15 is 0 Å². The second kappa shape index (κ2) is 7.02. The first-order chi connectivity index (χ1) is 10.7. The summed E-state index contributed by atoms with van der Waals surface area (Å²) < 4.78 is 18.1. The third-order valence-electron chi connectivity index (χ3n) is 4.16. The number of nitrogens with zero attached hydrogens (tertiary/aromatic N) is 3. The van der Waals surface area contributed by atoms with Gasteiger partial charge in [0.1, 0.15) is 11.6 Å². The number of likely N-dealkylation sites (tertiary alicyclic amines) is 1. The zero-order valence-electron chi connectivity index (χ0n) is 12.5. The van der Waals surface area contributed by atoms with E-state index in [-0.39, 0.29) is 6.03 Å². The van der Waals surface area contributed by atoms with E-state index in [9.17, 15) is 9.18 Å². The molecule has 2 aliphatic rings. The van der Waals surface area contributed by atoms with Crippen LogP contribution < -0.4 is 5.32 Å². The first kappa shape index (κ1) is 15.2. The first-order valence-electron chi connectivity index (χ1n) is 7.68. The lowest BCUT2D eigenvalue weighted by molar-refractivity contribution is 0.0314. The monoisotopic (exact) mass is 308 g/mol. The highest BCUT2D eigenvalue weighted by atomic mass is 19.1. The molecule has 0 bridgehead atoms. The van der Waals surface area contributed by atoms with Gasteiger partial charge in [0.25, 0.3) is 0 Å². The number of pyridine rings is 1. The van der Waals surface area contributed by atoms with Gasteiger partial charge in [0.2, 0.25) is 0 Å². The van der Waals surface area contributed by atoms with Gasteiger partial charge in [-0.15, -0.1) is 0 Å². The summed E-state index contributed by atoms with van der Waals surface area (Å²) in [6.07, 6.45) is 2.11. The molecule has 0 radical (unpaired) electrons. The van der Waals surface area contributed by atoms with Crippen LogP contribution in [0.25, 0.3) is 0 Å². The van der Waals surface area contributed by atoms with Gasteiger partial charge in [-0.25, -0.2) is 14.2 Å². The van der Waals surface area contributed by atoms with Crippen molar-refractivity contribution in [3.8, 4) is 0 Å². The van der Waals surface area contributed by atoms with Crippen LogP contribution in [0, 0.1) is 11.7 Å². The molecule has 0 unspecified atom stereocenters. The number of anilines is 1. The number of morpholine rings is 1. The van der Waals surface area contributed by atoms with Crippen molar-refractivity contribution in [2.24, 2.45) is 5.92 Å². The topological polar surface area (TPSA) is 57.7 Å². The Bertz CT molecular complexity index is 505. The van der Waals surface area contributed by atoms with Crippen LogP contribution in [0.2, 0.25) is 0 Å². The molecule has 3 rings (SSSR count). The lowest BCUT2D eigenvalue weighted by Gasteiger charge is -2.29. The molecule has 3 heterocycles. The van der Waals surface area contributed by atoms with Crippen molar-refractivity contribution in [2.75, 3.05) is 51.3 Å². The summed E-state index contributed by atoms with van der Waals surface area (Å²) in [6.45, 7) is 6.07. The number of rotatable bonds is 3. The number of urea groups is 1. The van der Waals surface area contributed by atoms with Crippen LogP contribution in [0.5, 0.6) is 0 Å². The molecule has 22 heavy (non-hydrogen) atoms. The lowest BCUT2D eigenvalue weighted by Crippen LogP contribution is -2.40. The second-order valence-corrected chi connectivity index (χ2v) is 5.81. The highest BCUT2D eigenvalue weighted by molar-refractivity contribution is 5.88. The maximum absolute atomic E-state index is 12.8. The Morgan fingerprint density at radius 2 is 2.18 bits per heavy atom. The Morgan fingerprint density at radius 1 is 1.36 bits per heavy atom. The van der Waals surface area contributed by atoms with Gasteiger partial charge in [0, 0.05) is 32.7 Å². The number of nitrogens with one attached hydrogen (secondary N) is 1. The largest absolute Gasteiger partial charge is 0.379 e. The number of hydrogen-bond donors (Lipinski definition) is 1. The van der Waals surface area contributed by atoms with Crippen LogP contribution in [0.1, 0.15) is 6.42 Å². The molecule has 1 aromatic heterocycles. The van der Waals surface area contributed by atoms with E-state index in [0.29, 0.717) is 11.7 Å². The quantitative estimate of drug-likeness (QED) is 0.917. The zero-order chi connectivity index (χ0) is 15.4. The van der Waals surface area contributed by atoms with Crippen molar-refractivity contribution in [3.05, 3.63) is 24.1 Å². The van der Waals surface area contributed by atoms with Crippen molar-refractivity contribution in [3.63, 3.8) is 0 Å². The van der Waals surface area contributed by atoms with Gasteiger partial charge in [-0.3, -0.25) is 10.2 Å². The van der Waals surface area contributed by atoms with E-state index in [2.05, 4.69) is 15.2 Å². The van der Waals surface area contributed by atoms with Crippen molar-refractivity contribution in [1.29, 1.82) is 0 Å². The van der Waals surface area contributed by atoms with E-state index in [1.54, 1.807) is 4.90 Å². The minimum atomic E-state index is -0.412. The van der Waals surface area contributed by atoms with E-state index in [1.165, 1.54) is 12.1 Å². The summed E-state index contributed by atoms with van der Waals surface area (Å²) >= 11 is 0. The highest BCUT2D eigenvalue weighted by Gasteiger charge is 2.28. The Kier molecular flexibility index (Phi) is 4.84.